The molecule has 8 aromatic carbocycles. The van der Waals surface area contributed by atoms with Crippen LogP contribution in [0, 0.1) is 0 Å². The van der Waals surface area contributed by atoms with Crippen molar-refractivity contribution >= 4 is 71.3 Å². The first-order chi connectivity index (χ1) is 25.3. The minimum Gasteiger partial charge on any atom is -0.456 e. The highest BCUT2D eigenvalue weighted by atomic mass is 32.1. The van der Waals surface area contributed by atoms with E-state index in [0.717, 1.165) is 59.8 Å². The normalized spacial score (nSPS) is 11.5. The Labute approximate surface area is 299 Å². The molecule has 2 aromatic heterocycles. The van der Waals surface area contributed by atoms with Gasteiger partial charge in [-0.15, -0.1) is 11.3 Å². The summed E-state index contributed by atoms with van der Waals surface area (Å²) in [4.78, 5) is 7.59. The zero-order valence-electron chi connectivity index (χ0n) is 27.5. The maximum atomic E-state index is 6.57. The minimum atomic E-state index is 0.822. The standard InChI is InChI=1S/C47H30N2OS/c1-3-11-31(12-4-1)33-21-25-38(26-22-33)49(39-27-23-34(24-28-39)37-20-19-32-13-7-8-16-36(32)29-37)45-44-40-17-9-10-18-42(40)50-43(44)30-41-46(45)51-47(48-41)35-14-5-2-6-15-35/h1-30H. The molecule has 0 atom stereocenters. The Bertz CT molecular complexity index is 2840. The van der Waals surface area contributed by atoms with Gasteiger partial charge in [-0.05, 0) is 69.4 Å². The summed E-state index contributed by atoms with van der Waals surface area (Å²) >= 11 is 1.73. The smallest absolute Gasteiger partial charge is 0.139 e. The number of hydrogen-bond acceptors (Lipinski definition) is 4. The Morgan fingerprint density at radius 1 is 0.451 bits per heavy atom. The van der Waals surface area contributed by atoms with Gasteiger partial charge in [0.1, 0.15) is 16.2 Å². The van der Waals surface area contributed by atoms with E-state index >= 15 is 0 Å². The van der Waals surface area contributed by atoms with E-state index in [0.29, 0.717) is 0 Å². The van der Waals surface area contributed by atoms with Gasteiger partial charge in [0, 0.05) is 28.4 Å². The molecule has 3 nitrogen and oxygen atoms in total. The number of para-hydroxylation sites is 1. The van der Waals surface area contributed by atoms with Crippen LogP contribution in [-0.2, 0) is 0 Å². The molecule has 0 unspecified atom stereocenters. The summed E-state index contributed by atoms with van der Waals surface area (Å²) in [6.45, 7) is 0. The zero-order valence-corrected chi connectivity index (χ0v) is 28.3. The number of aromatic nitrogens is 1. The summed E-state index contributed by atoms with van der Waals surface area (Å²) < 4.78 is 7.67. The second-order valence-corrected chi connectivity index (χ2v) is 13.8. The molecule has 2 heterocycles. The zero-order chi connectivity index (χ0) is 33.7. The molecule has 240 valence electrons. The van der Waals surface area contributed by atoms with Crippen molar-refractivity contribution in [2.24, 2.45) is 0 Å². The van der Waals surface area contributed by atoms with Crippen LogP contribution in [0.15, 0.2) is 186 Å². The predicted molar refractivity (Wildman–Crippen MR) is 215 cm³/mol. The van der Waals surface area contributed by atoms with Crippen LogP contribution < -0.4 is 4.90 Å². The Morgan fingerprint density at radius 2 is 1.02 bits per heavy atom. The molecule has 0 saturated heterocycles. The van der Waals surface area contributed by atoms with E-state index in [1.807, 2.05) is 18.2 Å². The van der Waals surface area contributed by atoms with E-state index in [4.69, 9.17) is 9.40 Å². The van der Waals surface area contributed by atoms with E-state index in [1.165, 1.54) is 33.0 Å². The summed E-state index contributed by atoms with van der Waals surface area (Å²) in [5.74, 6) is 0. The van der Waals surface area contributed by atoms with Gasteiger partial charge in [0.05, 0.1) is 21.3 Å². The molecule has 0 saturated carbocycles. The number of fused-ring (bicyclic) bond motifs is 5. The fraction of sp³-hybridized carbons (Fsp3) is 0. The first kappa shape index (κ1) is 29.4. The van der Waals surface area contributed by atoms with Crippen LogP contribution in [0.5, 0.6) is 0 Å². The van der Waals surface area contributed by atoms with Crippen molar-refractivity contribution in [2.45, 2.75) is 0 Å². The van der Waals surface area contributed by atoms with Gasteiger partial charge in [0.2, 0.25) is 0 Å². The lowest BCUT2D eigenvalue weighted by molar-refractivity contribution is 0.669. The average Bonchev–Trinajstić information content (AvgIpc) is 3.80. The van der Waals surface area contributed by atoms with Crippen LogP contribution in [0.2, 0.25) is 0 Å². The third-order valence-corrected chi connectivity index (χ3v) is 10.8. The number of rotatable bonds is 6. The number of thiazole rings is 1. The first-order valence-corrected chi connectivity index (χ1v) is 17.9. The molecule has 0 aliphatic heterocycles. The Morgan fingerprint density at radius 3 is 1.75 bits per heavy atom. The van der Waals surface area contributed by atoms with Crippen LogP contribution >= 0.6 is 11.3 Å². The number of benzene rings is 8. The van der Waals surface area contributed by atoms with Gasteiger partial charge in [-0.1, -0.05) is 140 Å². The topological polar surface area (TPSA) is 29.3 Å². The molecular weight excluding hydrogens is 641 g/mol. The van der Waals surface area contributed by atoms with Gasteiger partial charge in [0.15, 0.2) is 0 Å². The highest BCUT2D eigenvalue weighted by Crippen LogP contribution is 2.50. The lowest BCUT2D eigenvalue weighted by Gasteiger charge is -2.27. The number of furan rings is 1. The molecule has 51 heavy (non-hydrogen) atoms. The van der Waals surface area contributed by atoms with E-state index in [9.17, 15) is 0 Å². The number of nitrogens with zero attached hydrogens (tertiary/aromatic N) is 2. The van der Waals surface area contributed by atoms with Crippen molar-refractivity contribution in [3.8, 4) is 32.8 Å². The van der Waals surface area contributed by atoms with Gasteiger partial charge in [-0.2, -0.15) is 0 Å². The summed E-state index contributed by atoms with van der Waals surface area (Å²) in [6.07, 6.45) is 0. The SMILES string of the molecule is c1ccc(-c2ccc(N(c3ccc(-c4ccc5ccccc5c4)cc3)c3c4sc(-c5ccccc5)nc4cc4oc5ccccc5c34)cc2)cc1. The fourth-order valence-corrected chi connectivity index (χ4v) is 8.27. The molecule has 0 radical (unpaired) electrons. The van der Waals surface area contributed by atoms with Crippen molar-refractivity contribution in [2.75, 3.05) is 4.90 Å². The first-order valence-electron chi connectivity index (χ1n) is 17.1. The quantitative estimate of drug-likeness (QED) is 0.176. The third-order valence-electron chi connectivity index (χ3n) is 9.68. The summed E-state index contributed by atoms with van der Waals surface area (Å²) in [7, 11) is 0. The number of hydrogen-bond donors (Lipinski definition) is 0. The Hall–Kier alpha value is -6.49. The van der Waals surface area contributed by atoms with Crippen molar-refractivity contribution in [1.82, 2.24) is 4.98 Å². The largest absolute Gasteiger partial charge is 0.456 e. The van der Waals surface area contributed by atoms with E-state index in [-0.39, 0.29) is 0 Å². The molecule has 0 bridgehead atoms. The van der Waals surface area contributed by atoms with Crippen molar-refractivity contribution in [1.29, 1.82) is 0 Å². The summed E-state index contributed by atoms with van der Waals surface area (Å²) in [6, 6.07) is 64.5. The van der Waals surface area contributed by atoms with E-state index < -0.39 is 0 Å². The second-order valence-electron chi connectivity index (χ2n) is 12.8. The molecular formula is C47H30N2OS. The van der Waals surface area contributed by atoms with Crippen LogP contribution in [-0.4, -0.2) is 4.98 Å². The lowest BCUT2D eigenvalue weighted by Crippen LogP contribution is -2.10. The van der Waals surface area contributed by atoms with E-state index in [1.54, 1.807) is 11.3 Å². The van der Waals surface area contributed by atoms with Gasteiger partial charge in [-0.3, -0.25) is 0 Å². The summed E-state index contributed by atoms with van der Waals surface area (Å²) in [5.41, 5.74) is 11.6. The molecule has 0 spiro atoms. The van der Waals surface area contributed by atoms with Gasteiger partial charge in [-0.25, -0.2) is 4.98 Å². The van der Waals surface area contributed by atoms with Crippen molar-refractivity contribution in [3.63, 3.8) is 0 Å². The van der Waals surface area contributed by atoms with Gasteiger partial charge >= 0.3 is 0 Å². The highest BCUT2D eigenvalue weighted by Gasteiger charge is 2.25. The Kier molecular flexibility index (Phi) is 7.00. The van der Waals surface area contributed by atoms with Gasteiger partial charge in [0.25, 0.3) is 0 Å². The van der Waals surface area contributed by atoms with Crippen molar-refractivity contribution < 1.29 is 4.42 Å². The third kappa shape index (κ3) is 5.16. The van der Waals surface area contributed by atoms with Crippen LogP contribution in [0.4, 0.5) is 17.1 Å². The molecule has 4 heteroatoms. The van der Waals surface area contributed by atoms with Crippen LogP contribution in [0.3, 0.4) is 0 Å². The fourth-order valence-electron chi connectivity index (χ4n) is 7.18. The molecule has 0 N–H and O–H groups in total. The maximum Gasteiger partial charge on any atom is 0.139 e. The van der Waals surface area contributed by atoms with Crippen LogP contribution in [0.1, 0.15) is 0 Å². The predicted octanol–water partition coefficient (Wildman–Crippen LogP) is 13.8. The molecule has 10 rings (SSSR count). The molecule has 0 fully saturated rings. The van der Waals surface area contributed by atoms with Gasteiger partial charge < -0.3 is 9.32 Å². The molecule has 0 amide bonds. The number of anilines is 3. The minimum absolute atomic E-state index is 0.822. The molecule has 10 aromatic rings. The summed E-state index contributed by atoms with van der Waals surface area (Å²) in [5, 5.41) is 5.62. The van der Waals surface area contributed by atoms with E-state index in [2.05, 4.69) is 169 Å². The highest BCUT2D eigenvalue weighted by molar-refractivity contribution is 7.22. The molecule has 0 aliphatic carbocycles. The second kappa shape index (κ2) is 12.1. The maximum absolute atomic E-state index is 6.57. The average molecular weight is 671 g/mol. The van der Waals surface area contributed by atoms with Crippen LogP contribution in [0.25, 0.3) is 75.8 Å². The van der Waals surface area contributed by atoms with Crippen molar-refractivity contribution in [3.05, 3.63) is 182 Å². The lowest BCUT2D eigenvalue weighted by atomic mass is 10.0. The molecule has 0 aliphatic rings. The Balaban J connectivity index is 1.21. The monoisotopic (exact) mass is 670 g/mol.